The van der Waals surface area contributed by atoms with Gasteiger partial charge in [0, 0.05) is 49.0 Å². The molecule has 3 saturated heterocycles. The Balaban J connectivity index is 1.50. The van der Waals surface area contributed by atoms with Crippen molar-refractivity contribution < 1.29 is 19.4 Å². The largest absolute Gasteiger partial charge is 0.389 e. The predicted octanol–water partition coefficient (Wildman–Crippen LogP) is 2.10. The van der Waals surface area contributed by atoms with E-state index in [4.69, 9.17) is 9.47 Å². The monoisotopic (exact) mass is 377 g/mol. The summed E-state index contributed by atoms with van der Waals surface area (Å²) < 4.78 is 11.3. The minimum atomic E-state index is -0.761. The van der Waals surface area contributed by atoms with Gasteiger partial charge in [-0.15, -0.1) is 11.8 Å². The summed E-state index contributed by atoms with van der Waals surface area (Å²) in [5.41, 5.74) is 0.437. The van der Waals surface area contributed by atoms with Crippen LogP contribution in [0.5, 0.6) is 0 Å². The zero-order valence-electron chi connectivity index (χ0n) is 15.2. The minimum Gasteiger partial charge on any atom is -0.389 e. The molecule has 3 heterocycles. The Bertz CT molecular complexity index is 669. The van der Waals surface area contributed by atoms with Crippen molar-refractivity contribution >= 4 is 17.7 Å². The van der Waals surface area contributed by atoms with Crippen molar-refractivity contribution in [2.75, 3.05) is 38.7 Å². The number of hydrogen-bond donors (Lipinski definition) is 1. The quantitative estimate of drug-likeness (QED) is 0.818. The van der Waals surface area contributed by atoms with E-state index in [0.29, 0.717) is 45.1 Å². The van der Waals surface area contributed by atoms with Crippen molar-refractivity contribution in [1.29, 1.82) is 0 Å². The summed E-state index contributed by atoms with van der Waals surface area (Å²) >= 11 is 1.60. The number of ether oxygens (including phenoxy) is 2. The highest BCUT2D eigenvalue weighted by molar-refractivity contribution is 8.00. The van der Waals surface area contributed by atoms with Gasteiger partial charge >= 0.3 is 0 Å². The second-order valence-corrected chi connectivity index (χ2v) is 8.67. The van der Waals surface area contributed by atoms with E-state index >= 15 is 0 Å². The predicted molar refractivity (Wildman–Crippen MR) is 100 cm³/mol. The van der Waals surface area contributed by atoms with Crippen molar-refractivity contribution in [3.05, 3.63) is 29.8 Å². The fourth-order valence-electron chi connectivity index (χ4n) is 4.69. The minimum absolute atomic E-state index is 0.00805. The zero-order valence-corrected chi connectivity index (χ0v) is 16.0. The number of fused-ring (bicyclic) bond motifs is 3. The molecule has 1 aromatic carbocycles. The van der Waals surface area contributed by atoms with Crippen LogP contribution in [0.3, 0.4) is 0 Å². The van der Waals surface area contributed by atoms with E-state index in [1.54, 1.807) is 11.8 Å². The molecular weight excluding hydrogens is 350 g/mol. The summed E-state index contributed by atoms with van der Waals surface area (Å²) in [5.74, 6) is 0.557. The standard InChI is InChI=1S/C20H27NO4S/c1-14-4-2-3-5-18(14)26-13-19(22)21-10-15-11-25-9-7-20(15,23)16-12-24-8-6-17(16)21/h2-5,15-17,23H,6-13H2,1H3/t15-,16+,17-,20-/m1/s1. The van der Waals surface area contributed by atoms with Crippen LogP contribution in [0.4, 0.5) is 0 Å². The summed E-state index contributed by atoms with van der Waals surface area (Å²) in [6.07, 6.45) is 1.45. The highest BCUT2D eigenvalue weighted by Gasteiger charge is 2.56. The lowest BCUT2D eigenvalue weighted by Gasteiger charge is -2.57. The second kappa shape index (κ2) is 7.50. The van der Waals surface area contributed by atoms with Crippen LogP contribution in [0, 0.1) is 18.8 Å². The van der Waals surface area contributed by atoms with Gasteiger partial charge in [0.1, 0.15) is 0 Å². The van der Waals surface area contributed by atoms with Gasteiger partial charge in [0.2, 0.25) is 5.91 Å². The molecule has 1 amide bonds. The highest BCUT2D eigenvalue weighted by Crippen LogP contribution is 2.44. The number of carbonyl (C=O) groups excluding carboxylic acids is 1. The van der Waals surface area contributed by atoms with E-state index in [1.165, 1.54) is 5.56 Å². The SMILES string of the molecule is Cc1ccccc1SCC(=O)N1C[C@@H]2COCC[C@]2(O)[C@H]2COCC[C@H]21. The number of thioether (sulfide) groups is 1. The Morgan fingerprint density at radius 2 is 2.12 bits per heavy atom. The maximum Gasteiger partial charge on any atom is 0.233 e. The van der Waals surface area contributed by atoms with Gasteiger partial charge < -0.3 is 19.5 Å². The number of hydrogen-bond acceptors (Lipinski definition) is 5. The van der Waals surface area contributed by atoms with Crippen LogP contribution in [0.15, 0.2) is 29.2 Å². The lowest BCUT2D eigenvalue weighted by atomic mass is 9.66. The first-order valence-corrected chi connectivity index (χ1v) is 10.4. The Kier molecular flexibility index (Phi) is 5.28. The number of aliphatic hydroxyl groups is 1. The van der Waals surface area contributed by atoms with Gasteiger partial charge in [-0.1, -0.05) is 18.2 Å². The van der Waals surface area contributed by atoms with E-state index in [1.807, 2.05) is 17.0 Å². The third-order valence-electron chi connectivity index (χ3n) is 6.22. The molecule has 3 fully saturated rings. The zero-order chi connectivity index (χ0) is 18.1. The van der Waals surface area contributed by atoms with Crippen LogP contribution >= 0.6 is 11.8 Å². The van der Waals surface area contributed by atoms with Gasteiger partial charge in [0.25, 0.3) is 0 Å². The first-order valence-electron chi connectivity index (χ1n) is 9.45. The normalized spacial score (nSPS) is 34.1. The molecule has 5 nitrogen and oxygen atoms in total. The summed E-state index contributed by atoms with van der Waals surface area (Å²) in [5, 5.41) is 11.3. The molecule has 0 aliphatic carbocycles. The van der Waals surface area contributed by atoms with Gasteiger partial charge in [0.05, 0.1) is 24.6 Å². The van der Waals surface area contributed by atoms with Crippen LogP contribution in [-0.2, 0) is 14.3 Å². The molecule has 0 bridgehead atoms. The fourth-order valence-corrected chi connectivity index (χ4v) is 5.60. The molecular formula is C20H27NO4S. The molecule has 3 aliphatic rings. The lowest BCUT2D eigenvalue weighted by Crippen LogP contribution is -2.69. The molecule has 0 aromatic heterocycles. The van der Waals surface area contributed by atoms with Gasteiger partial charge in [-0.3, -0.25) is 4.79 Å². The number of piperidine rings is 1. The molecule has 4 rings (SSSR count). The van der Waals surface area contributed by atoms with E-state index in [2.05, 4.69) is 19.1 Å². The average Bonchev–Trinajstić information content (AvgIpc) is 2.66. The smallest absolute Gasteiger partial charge is 0.233 e. The average molecular weight is 378 g/mol. The van der Waals surface area contributed by atoms with Crippen molar-refractivity contribution in [3.8, 4) is 0 Å². The maximum atomic E-state index is 13.1. The van der Waals surface area contributed by atoms with Crippen LogP contribution in [0.2, 0.25) is 0 Å². The highest BCUT2D eigenvalue weighted by atomic mass is 32.2. The number of amides is 1. The number of benzene rings is 1. The molecule has 0 spiro atoms. The number of carbonyl (C=O) groups is 1. The van der Waals surface area contributed by atoms with Crippen molar-refractivity contribution in [2.24, 2.45) is 11.8 Å². The molecule has 142 valence electrons. The number of nitrogens with zero attached hydrogens (tertiary/aromatic N) is 1. The third-order valence-corrected chi connectivity index (χ3v) is 7.38. The molecule has 0 saturated carbocycles. The summed E-state index contributed by atoms with van der Waals surface area (Å²) in [7, 11) is 0. The van der Waals surface area contributed by atoms with Gasteiger partial charge in [-0.2, -0.15) is 0 Å². The van der Waals surface area contributed by atoms with E-state index in [9.17, 15) is 9.90 Å². The number of likely N-dealkylation sites (tertiary alicyclic amines) is 1. The van der Waals surface area contributed by atoms with Gasteiger partial charge in [-0.05, 0) is 25.0 Å². The van der Waals surface area contributed by atoms with E-state index in [0.717, 1.165) is 11.3 Å². The molecule has 1 N–H and O–H groups in total. The Morgan fingerprint density at radius 1 is 1.31 bits per heavy atom. The molecule has 6 heteroatoms. The summed E-state index contributed by atoms with van der Waals surface area (Å²) in [6, 6.07) is 8.24. The maximum absolute atomic E-state index is 13.1. The third kappa shape index (κ3) is 3.28. The fraction of sp³-hybridized carbons (Fsp3) is 0.650. The van der Waals surface area contributed by atoms with Gasteiger partial charge in [0.15, 0.2) is 0 Å². The lowest BCUT2D eigenvalue weighted by molar-refractivity contribution is -0.218. The number of aryl methyl sites for hydroxylation is 1. The number of rotatable bonds is 3. The first-order chi connectivity index (χ1) is 12.6. The topological polar surface area (TPSA) is 59.0 Å². The van der Waals surface area contributed by atoms with Crippen molar-refractivity contribution in [1.82, 2.24) is 4.90 Å². The summed E-state index contributed by atoms with van der Waals surface area (Å²) in [6.45, 7) is 4.97. The Morgan fingerprint density at radius 3 is 2.96 bits per heavy atom. The van der Waals surface area contributed by atoms with Crippen molar-refractivity contribution in [2.45, 2.75) is 36.3 Å². The first kappa shape index (κ1) is 18.3. The molecule has 1 aromatic rings. The molecule has 0 unspecified atom stereocenters. The van der Waals surface area contributed by atoms with Crippen LogP contribution in [-0.4, -0.2) is 66.3 Å². The molecule has 4 atom stereocenters. The van der Waals surface area contributed by atoms with Crippen LogP contribution in [0.25, 0.3) is 0 Å². The Labute approximate surface area is 159 Å². The molecule has 3 aliphatic heterocycles. The second-order valence-electron chi connectivity index (χ2n) is 7.65. The molecule has 0 radical (unpaired) electrons. The van der Waals surface area contributed by atoms with Crippen molar-refractivity contribution in [3.63, 3.8) is 0 Å². The van der Waals surface area contributed by atoms with E-state index < -0.39 is 5.60 Å². The van der Waals surface area contributed by atoms with Gasteiger partial charge in [-0.25, -0.2) is 0 Å². The van der Waals surface area contributed by atoms with E-state index in [-0.39, 0.29) is 23.8 Å². The molecule has 26 heavy (non-hydrogen) atoms. The summed E-state index contributed by atoms with van der Waals surface area (Å²) in [4.78, 5) is 16.2. The van der Waals surface area contributed by atoms with Crippen LogP contribution < -0.4 is 0 Å². The van der Waals surface area contributed by atoms with Crippen LogP contribution in [0.1, 0.15) is 18.4 Å². The Hall–Kier alpha value is -1.08.